The Kier molecular flexibility index (Phi) is 9.04. The van der Waals surface area contributed by atoms with Crippen LogP contribution in [0.2, 0.25) is 0 Å². The van der Waals surface area contributed by atoms with Gasteiger partial charge in [-0.25, -0.2) is 4.98 Å². The van der Waals surface area contributed by atoms with Gasteiger partial charge in [-0.15, -0.1) is 24.0 Å². The zero-order valence-corrected chi connectivity index (χ0v) is 17.7. The van der Waals surface area contributed by atoms with E-state index in [0.717, 1.165) is 24.7 Å². The van der Waals surface area contributed by atoms with E-state index >= 15 is 0 Å². The maximum Gasteiger partial charge on any atom is 0.213 e. The van der Waals surface area contributed by atoms with Gasteiger partial charge in [-0.05, 0) is 38.9 Å². The first-order valence-corrected chi connectivity index (χ1v) is 8.61. The van der Waals surface area contributed by atoms with E-state index in [0.29, 0.717) is 12.4 Å². The first kappa shape index (κ1) is 21.2. The van der Waals surface area contributed by atoms with Crippen LogP contribution in [0.5, 0.6) is 0 Å². The summed E-state index contributed by atoms with van der Waals surface area (Å²) in [6, 6.07) is 0. The topological polar surface area (TPSA) is 65.7 Å². The zero-order chi connectivity index (χ0) is 16.7. The Labute approximate surface area is 162 Å². The normalized spacial score (nSPS) is 16.1. The van der Waals surface area contributed by atoms with Crippen LogP contribution in [0.25, 0.3) is 0 Å². The van der Waals surface area contributed by atoms with Gasteiger partial charge in [-0.2, -0.15) is 0 Å². The largest absolute Gasteiger partial charge is 0.443 e. The Morgan fingerprint density at radius 3 is 2.58 bits per heavy atom. The molecule has 0 aliphatic carbocycles. The lowest BCUT2D eigenvalue weighted by Crippen LogP contribution is -2.38. The van der Waals surface area contributed by atoms with Gasteiger partial charge in [0.1, 0.15) is 5.76 Å². The molecule has 2 heterocycles. The molecule has 138 valence electrons. The summed E-state index contributed by atoms with van der Waals surface area (Å²) in [6.45, 7) is 11.5. The number of oxazole rings is 1. The fraction of sp³-hybridized carbons (Fsp3) is 0.765. The fourth-order valence-electron chi connectivity index (χ4n) is 2.63. The number of nitrogens with one attached hydrogen (secondary N) is 2. The molecule has 1 aromatic heterocycles. The summed E-state index contributed by atoms with van der Waals surface area (Å²) in [5, 5.41) is 6.59. The summed E-state index contributed by atoms with van der Waals surface area (Å²) in [5.41, 5.74) is -0.0131. The van der Waals surface area contributed by atoms with Crippen LogP contribution in [0.3, 0.4) is 0 Å². The van der Waals surface area contributed by atoms with Crippen molar-refractivity contribution in [1.29, 1.82) is 0 Å². The van der Waals surface area contributed by atoms with Crippen LogP contribution in [0, 0.1) is 0 Å². The van der Waals surface area contributed by atoms with Gasteiger partial charge >= 0.3 is 0 Å². The van der Waals surface area contributed by atoms with Crippen molar-refractivity contribution in [3.8, 4) is 0 Å². The average Bonchev–Trinajstić information content (AvgIpc) is 3.17. The number of hydrogen-bond acceptors (Lipinski definition) is 4. The highest BCUT2D eigenvalue weighted by atomic mass is 127. The summed E-state index contributed by atoms with van der Waals surface area (Å²) in [5.74, 6) is 2.39. The molecule has 0 amide bonds. The molecule has 0 saturated carbocycles. The molecule has 1 aromatic rings. The van der Waals surface area contributed by atoms with Crippen LogP contribution in [-0.4, -0.2) is 49.1 Å². The molecule has 1 fully saturated rings. The van der Waals surface area contributed by atoms with Gasteiger partial charge in [-0.3, -0.25) is 4.99 Å². The summed E-state index contributed by atoms with van der Waals surface area (Å²) >= 11 is 0. The van der Waals surface area contributed by atoms with Crippen molar-refractivity contribution < 1.29 is 4.42 Å². The molecule has 6 nitrogen and oxygen atoms in total. The van der Waals surface area contributed by atoms with Crippen LogP contribution in [0.15, 0.2) is 15.6 Å². The molecular formula is C17H32IN5O. The lowest BCUT2D eigenvalue weighted by Gasteiger charge is -2.15. The van der Waals surface area contributed by atoms with Crippen molar-refractivity contribution in [3.05, 3.63) is 17.8 Å². The SMILES string of the molecule is CN=C(NCCCN1CCCC1)NCc1ncc(C(C)(C)C)o1.I. The Morgan fingerprint density at radius 2 is 2.00 bits per heavy atom. The molecule has 0 spiro atoms. The highest BCUT2D eigenvalue weighted by Gasteiger charge is 2.19. The molecule has 0 unspecified atom stereocenters. The van der Waals surface area contributed by atoms with Crippen molar-refractivity contribution in [1.82, 2.24) is 20.5 Å². The number of hydrogen-bond donors (Lipinski definition) is 2. The van der Waals surface area contributed by atoms with Crippen LogP contribution < -0.4 is 10.6 Å². The number of halogens is 1. The summed E-state index contributed by atoms with van der Waals surface area (Å²) in [4.78, 5) is 11.1. The van der Waals surface area contributed by atoms with E-state index in [9.17, 15) is 0 Å². The number of rotatable bonds is 6. The standard InChI is InChI=1S/C17H31N5O.HI/c1-17(2,3)14-12-20-15(23-14)13-21-16(18-4)19-8-7-11-22-9-5-6-10-22;/h12H,5-11,13H2,1-4H3,(H2,18,19,21);1H. The molecule has 2 N–H and O–H groups in total. The molecule has 0 bridgehead atoms. The third-order valence-corrected chi connectivity index (χ3v) is 4.07. The molecule has 24 heavy (non-hydrogen) atoms. The summed E-state index contributed by atoms with van der Waals surface area (Å²) in [7, 11) is 1.78. The van der Waals surface area contributed by atoms with E-state index in [1.807, 2.05) is 6.20 Å². The predicted octanol–water partition coefficient (Wildman–Crippen LogP) is 2.74. The van der Waals surface area contributed by atoms with Crippen molar-refractivity contribution in [2.45, 2.75) is 52.0 Å². The van der Waals surface area contributed by atoms with E-state index < -0.39 is 0 Å². The average molecular weight is 449 g/mol. The zero-order valence-electron chi connectivity index (χ0n) is 15.4. The van der Waals surface area contributed by atoms with Gasteiger partial charge in [0.05, 0.1) is 12.7 Å². The number of likely N-dealkylation sites (tertiary alicyclic amines) is 1. The lowest BCUT2D eigenvalue weighted by molar-refractivity contribution is 0.334. The minimum Gasteiger partial charge on any atom is -0.443 e. The monoisotopic (exact) mass is 449 g/mol. The van der Waals surface area contributed by atoms with Gasteiger partial charge in [0, 0.05) is 19.0 Å². The van der Waals surface area contributed by atoms with E-state index in [2.05, 4.69) is 46.3 Å². The minimum atomic E-state index is -0.0131. The Morgan fingerprint density at radius 1 is 1.29 bits per heavy atom. The van der Waals surface area contributed by atoms with E-state index in [-0.39, 0.29) is 29.4 Å². The fourth-order valence-corrected chi connectivity index (χ4v) is 2.63. The van der Waals surface area contributed by atoms with Gasteiger partial charge in [-0.1, -0.05) is 20.8 Å². The van der Waals surface area contributed by atoms with Gasteiger partial charge < -0.3 is 20.0 Å². The first-order valence-electron chi connectivity index (χ1n) is 8.61. The maximum atomic E-state index is 5.77. The number of aliphatic imine (C=N–C) groups is 1. The minimum absolute atomic E-state index is 0. The first-order chi connectivity index (χ1) is 11.0. The number of guanidine groups is 1. The molecule has 0 atom stereocenters. The highest BCUT2D eigenvalue weighted by molar-refractivity contribution is 14.0. The van der Waals surface area contributed by atoms with Crippen LogP contribution >= 0.6 is 24.0 Å². The molecule has 1 aliphatic heterocycles. The number of nitrogens with zero attached hydrogens (tertiary/aromatic N) is 3. The molecular weight excluding hydrogens is 417 g/mol. The summed E-state index contributed by atoms with van der Waals surface area (Å²) in [6.07, 6.45) is 5.64. The number of aromatic nitrogens is 1. The molecule has 1 aliphatic rings. The van der Waals surface area contributed by atoms with Crippen molar-refractivity contribution in [2.75, 3.05) is 33.2 Å². The maximum absolute atomic E-state index is 5.77. The van der Waals surface area contributed by atoms with E-state index in [1.54, 1.807) is 7.05 Å². The Bertz CT molecular complexity index is 503. The van der Waals surface area contributed by atoms with Crippen LogP contribution in [-0.2, 0) is 12.0 Å². The van der Waals surface area contributed by atoms with Crippen molar-refractivity contribution >= 4 is 29.9 Å². The van der Waals surface area contributed by atoms with Crippen molar-refractivity contribution in [2.24, 2.45) is 4.99 Å². The third-order valence-electron chi connectivity index (χ3n) is 4.07. The quantitative estimate of drug-likeness (QED) is 0.303. The van der Waals surface area contributed by atoms with Gasteiger partial charge in [0.2, 0.25) is 5.89 Å². The van der Waals surface area contributed by atoms with Gasteiger partial charge in [0.25, 0.3) is 0 Å². The second-order valence-corrected chi connectivity index (χ2v) is 7.12. The van der Waals surface area contributed by atoms with E-state index in [4.69, 9.17) is 4.42 Å². The second kappa shape index (κ2) is 10.2. The molecule has 0 radical (unpaired) electrons. The van der Waals surface area contributed by atoms with Crippen LogP contribution in [0.1, 0.15) is 51.7 Å². The van der Waals surface area contributed by atoms with Crippen molar-refractivity contribution in [3.63, 3.8) is 0 Å². The lowest BCUT2D eigenvalue weighted by atomic mass is 9.94. The Hall–Kier alpha value is -0.830. The van der Waals surface area contributed by atoms with E-state index in [1.165, 1.54) is 32.5 Å². The smallest absolute Gasteiger partial charge is 0.213 e. The predicted molar refractivity (Wildman–Crippen MR) is 109 cm³/mol. The molecule has 7 heteroatoms. The van der Waals surface area contributed by atoms with Gasteiger partial charge in [0.15, 0.2) is 5.96 Å². The molecule has 1 saturated heterocycles. The summed E-state index contributed by atoms with van der Waals surface area (Å²) < 4.78 is 5.77. The highest BCUT2D eigenvalue weighted by Crippen LogP contribution is 2.22. The molecule has 0 aromatic carbocycles. The molecule has 2 rings (SSSR count). The second-order valence-electron chi connectivity index (χ2n) is 7.12. The third kappa shape index (κ3) is 6.96. The van der Waals surface area contributed by atoms with Crippen LogP contribution in [0.4, 0.5) is 0 Å². The Balaban J connectivity index is 0.00000288.